The molecule has 0 radical (unpaired) electrons. The van der Waals surface area contributed by atoms with E-state index in [0.29, 0.717) is 23.4 Å². The summed E-state index contributed by atoms with van der Waals surface area (Å²) in [6.45, 7) is 11.1. The number of thiazole rings is 1. The van der Waals surface area contributed by atoms with Gasteiger partial charge in [0.25, 0.3) is 5.91 Å². The lowest BCUT2D eigenvalue weighted by Crippen LogP contribution is -2.48. The first-order valence-electron chi connectivity index (χ1n) is 11.4. The highest BCUT2D eigenvalue weighted by Crippen LogP contribution is 2.33. The maximum Gasteiger partial charge on any atom is 0.251 e. The molecule has 2 aliphatic rings. The number of hydrogen-bond donors (Lipinski definition) is 3. The van der Waals surface area contributed by atoms with Gasteiger partial charge in [-0.1, -0.05) is 39.0 Å². The monoisotopic (exact) mass is 441 g/mol. The normalized spacial score (nSPS) is 26.0. The van der Waals surface area contributed by atoms with Crippen molar-refractivity contribution in [3.05, 3.63) is 52.5 Å². The van der Waals surface area contributed by atoms with Crippen molar-refractivity contribution in [1.82, 2.24) is 26.1 Å². The number of nitrogens with zero attached hydrogens (tertiary/aromatic N) is 2. The van der Waals surface area contributed by atoms with E-state index >= 15 is 0 Å². The van der Waals surface area contributed by atoms with Gasteiger partial charge in [-0.2, -0.15) is 0 Å². The summed E-state index contributed by atoms with van der Waals surface area (Å²) >= 11 is 1.64. The molecule has 3 N–H and O–H groups in total. The molecular weight excluding hydrogens is 406 g/mol. The average Bonchev–Trinajstić information content (AvgIpc) is 3.45. The number of rotatable bonds is 6. The number of likely N-dealkylation sites (tertiary alicyclic amines) is 1. The van der Waals surface area contributed by atoms with Gasteiger partial charge in [-0.25, -0.2) is 4.98 Å². The Hall–Kier alpha value is -1.80. The zero-order chi connectivity index (χ0) is 21.8. The van der Waals surface area contributed by atoms with Gasteiger partial charge in [0.2, 0.25) is 0 Å². The van der Waals surface area contributed by atoms with Crippen LogP contribution in [0.25, 0.3) is 0 Å². The molecule has 0 bridgehead atoms. The molecule has 4 unspecified atom stereocenters. The van der Waals surface area contributed by atoms with E-state index in [9.17, 15) is 4.79 Å². The zero-order valence-corrected chi connectivity index (χ0v) is 19.6. The second-order valence-corrected chi connectivity index (χ2v) is 10.9. The van der Waals surface area contributed by atoms with Crippen molar-refractivity contribution in [3.8, 4) is 0 Å². The molecule has 2 aromatic rings. The van der Waals surface area contributed by atoms with Crippen molar-refractivity contribution in [2.24, 2.45) is 17.3 Å². The topological polar surface area (TPSA) is 69.3 Å². The summed E-state index contributed by atoms with van der Waals surface area (Å²) in [4.78, 5) is 20.1. The van der Waals surface area contributed by atoms with Gasteiger partial charge in [0, 0.05) is 48.7 Å². The van der Waals surface area contributed by atoms with Gasteiger partial charge in [0.05, 0.1) is 6.04 Å². The summed E-state index contributed by atoms with van der Waals surface area (Å²) in [7, 11) is 0. The van der Waals surface area contributed by atoms with Gasteiger partial charge in [-0.05, 0) is 42.9 Å². The minimum atomic E-state index is -0.0475. The number of aromatic nitrogens is 1. The van der Waals surface area contributed by atoms with E-state index in [0.717, 1.165) is 44.0 Å². The van der Waals surface area contributed by atoms with E-state index in [1.54, 1.807) is 11.3 Å². The number of piperidine rings is 1. The van der Waals surface area contributed by atoms with Crippen LogP contribution >= 0.6 is 11.3 Å². The summed E-state index contributed by atoms with van der Waals surface area (Å²) in [6.07, 6.45) is 4.10. The number of carbonyl (C=O) groups is 1. The molecule has 6 nitrogen and oxygen atoms in total. The number of nitrogens with one attached hydrogen (secondary N) is 3. The number of carbonyl (C=O) groups excluding carboxylic acids is 1. The van der Waals surface area contributed by atoms with Crippen LogP contribution in [0.15, 0.2) is 41.9 Å². The SMILES string of the molecule is CC(C)(C)C1NNCC1CN1CCCC(C(NC(=O)c2ccccc2)c2nccs2)C1. The van der Waals surface area contributed by atoms with Crippen molar-refractivity contribution in [3.63, 3.8) is 0 Å². The molecule has 2 fully saturated rings. The molecule has 3 heterocycles. The standard InChI is InChI=1S/C24H35N5OS/c1-24(2,3)21-19(14-26-28-21)16-29-12-7-10-18(15-29)20(23-25-11-13-31-23)27-22(30)17-8-5-4-6-9-17/h4-6,8-9,11,13,18-21,26,28H,7,10,12,14-16H2,1-3H3,(H,27,30). The second-order valence-electron chi connectivity index (χ2n) is 9.98. The Morgan fingerprint density at radius 3 is 2.84 bits per heavy atom. The van der Waals surface area contributed by atoms with E-state index in [4.69, 9.17) is 0 Å². The lowest BCUT2D eigenvalue weighted by molar-refractivity contribution is 0.0854. The van der Waals surface area contributed by atoms with Gasteiger partial charge < -0.3 is 10.2 Å². The number of benzene rings is 1. The second kappa shape index (κ2) is 9.77. The predicted molar refractivity (Wildman–Crippen MR) is 126 cm³/mol. The first-order chi connectivity index (χ1) is 14.9. The summed E-state index contributed by atoms with van der Waals surface area (Å²) in [5.41, 5.74) is 7.79. The molecule has 0 spiro atoms. The largest absolute Gasteiger partial charge is 0.342 e. The summed E-state index contributed by atoms with van der Waals surface area (Å²) < 4.78 is 0. The van der Waals surface area contributed by atoms with Crippen molar-refractivity contribution in [1.29, 1.82) is 0 Å². The van der Waals surface area contributed by atoms with E-state index in [2.05, 4.69) is 46.8 Å². The van der Waals surface area contributed by atoms with Gasteiger partial charge in [-0.3, -0.25) is 15.6 Å². The van der Waals surface area contributed by atoms with Crippen LogP contribution in [0.2, 0.25) is 0 Å². The van der Waals surface area contributed by atoms with Gasteiger partial charge in [-0.15, -0.1) is 11.3 Å². The summed E-state index contributed by atoms with van der Waals surface area (Å²) in [5.74, 6) is 0.925. The molecule has 1 aromatic heterocycles. The Morgan fingerprint density at radius 2 is 2.13 bits per heavy atom. The smallest absolute Gasteiger partial charge is 0.251 e. The lowest BCUT2D eigenvalue weighted by atomic mass is 9.79. The van der Waals surface area contributed by atoms with Gasteiger partial charge in [0.1, 0.15) is 5.01 Å². The first kappa shape index (κ1) is 22.4. The van der Waals surface area contributed by atoms with Crippen LogP contribution in [0.1, 0.15) is 55.0 Å². The van der Waals surface area contributed by atoms with E-state index in [-0.39, 0.29) is 17.4 Å². The minimum absolute atomic E-state index is 0.0186. The van der Waals surface area contributed by atoms with E-state index in [1.807, 2.05) is 41.9 Å². The highest BCUT2D eigenvalue weighted by molar-refractivity contribution is 7.09. The molecule has 2 saturated heterocycles. The molecule has 1 amide bonds. The highest BCUT2D eigenvalue weighted by Gasteiger charge is 2.38. The van der Waals surface area contributed by atoms with Crippen LogP contribution in [0.4, 0.5) is 0 Å². The molecule has 168 valence electrons. The van der Waals surface area contributed by atoms with Crippen LogP contribution in [0.3, 0.4) is 0 Å². The fraction of sp³-hybridized carbons (Fsp3) is 0.583. The number of hydrazine groups is 1. The molecule has 0 aliphatic carbocycles. The third-order valence-corrected chi connectivity index (χ3v) is 7.43. The molecular formula is C24H35N5OS. The third-order valence-electron chi connectivity index (χ3n) is 6.57. The van der Waals surface area contributed by atoms with Crippen molar-refractivity contribution >= 4 is 17.2 Å². The maximum absolute atomic E-state index is 12.9. The fourth-order valence-corrected chi connectivity index (χ4v) is 5.85. The molecule has 0 saturated carbocycles. The third kappa shape index (κ3) is 5.52. The van der Waals surface area contributed by atoms with Crippen LogP contribution < -0.4 is 16.2 Å². The van der Waals surface area contributed by atoms with E-state index < -0.39 is 0 Å². The minimum Gasteiger partial charge on any atom is -0.342 e. The van der Waals surface area contributed by atoms with Gasteiger partial charge >= 0.3 is 0 Å². The van der Waals surface area contributed by atoms with Crippen LogP contribution in [0, 0.1) is 17.3 Å². The molecule has 31 heavy (non-hydrogen) atoms. The van der Waals surface area contributed by atoms with Crippen LogP contribution in [0.5, 0.6) is 0 Å². The number of hydrogen-bond acceptors (Lipinski definition) is 6. The molecule has 2 aliphatic heterocycles. The van der Waals surface area contributed by atoms with Crippen molar-refractivity contribution < 1.29 is 4.79 Å². The predicted octanol–water partition coefficient (Wildman–Crippen LogP) is 3.46. The molecule has 7 heteroatoms. The number of amides is 1. The Labute approximate surface area is 189 Å². The van der Waals surface area contributed by atoms with Crippen molar-refractivity contribution in [2.75, 3.05) is 26.2 Å². The Bertz CT molecular complexity index is 835. The molecule has 1 aromatic carbocycles. The lowest BCUT2D eigenvalue weighted by Gasteiger charge is -2.39. The Balaban J connectivity index is 1.45. The quantitative estimate of drug-likeness (QED) is 0.640. The highest BCUT2D eigenvalue weighted by atomic mass is 32.1. The summed E-state index contributed by atoms with van der Waals surface area (Å²) in [5, 5.41) is 6.32. The first-order valence-corrected chi connectivity index (χ1v) is 12.3. The molecule has 4 rings (SSSR count). The fourth-order valence-electron chi connectivity index (χ4n) is 5.07. The van der Waals surface area contributed by atoms with Crippen molar-refractivity contribution in [2.45, 2.75) is 45.7 Å². The van der Waals surface area contributed by atoms with Gasteiger partial charge in [0.15, 0.2) is 0 Å². The van der Waals surface area contributed by atoms with E-state index in [1.165, 1.54) is 0 Å². The summed E-state index contributed by atoms with van der Waals surface area (Å²) in [6, 6.07) is 9.90. The Morgan fingerprint density at radius 1 is 1.32 bits per heavy atom. The maximum atomic E-state index is 12.9. The molecule has 4 atom stereocenters. The average molecular weight is 442 g/mol. The zero-order valence-electron chi connectivity index (χ0n) is 18.8. The Kier molecular flexibility index (Phi) is 7.06. The van der Waals surface area contributed by atoms with Crippen LogP contribution in [-0.2, 0) is 0 Å². The van der Waals surface area contributed by atoms with Crippen LogP contribution in [-0.4, -0.2) is 48.0 Å².